The fourth-order valence-electron chi connectivity index (χ4n) is 1.27. The van der Waals surface area contributed by atoms with E-state index >= 15 is 0 Å². The first-order valence-corrected chi connectivity index (χ1v) is 5.59. The number of pyridine rings is 1. The van der Waals surface area contributed by atoms with Crippen LogP contribution in [-0.4, -0.2) is 30.6 Å². The van der Waals surface area contributed by atoms with Gasteiger partial charge in [0.25, 0.3) is 0 Å². The van der Waals surface area contributed by atoms with Crippen molar-refractivity contribution in [2.75, 3.05) is 19.0 Å². The number of nitrogens with one attached hydrogen (secondary N) is 1. The first-order chi connectivity index (χ1) is 8.06. The average Bonchev–Trinajstić information content (AvgIpc) is 2.35. The first kappa shape index (κ1) is 13.4. The molecule has 0 aliphatic rings. The van der Waals surface area contributed by atoms with E-state index in [1.54, 1.807) is 18.3 Å². The maximum atomic E-state index is 11.5. The quantitative estimate of drug-likeness (QED) is 0.754. The van der Waals surface area contributed by atoms with E-state index in [0.29, 0.717) is 23.8 Å². The monoisotopic (exact) mass is 237 g/mol. The lowest BCUT2D eigenvalue weighted by atomic mass is 10.1. The molecule has 0 amide bonds. The molecule has 1 rings (SSSR count). The molecule has 0 spiro atoms. The highest BCUT2D eigenvalue weighted by Crippen LogP contribution is 2.12. The molecule has 17 heavy (non-hydrogen) atoms. The van der Waals surface area contributed by atoms with Crippen molar-refractivity contribution >= 4 is 11.8 Å². The van der Waals surface area contributed by atoms with Gasteiger partial charge in [0.15, 0.2) is 0 Å². The number of nitrogens with zero attached hydrogens (tertiary/aromatic N) is 1. The van der Waals surface area contributed by atoms with Crippen molar-refractivity contribution < 1.29 is 9.53 Å². The lowest BCUT2D eigenvalue weighted by Gasteiger charge is -2.17. The van der Waals surface area contributed by atoms with Gasteiger partial charge in [-0.1, -0.05) is 13.8 Å². The first-order valence-electron chi connectivity index (χ1n) is 5.59. The maximum absolute atomic E-state index is 11.5. The van der Waals surface area contributed by atoms with Gasteiger partial charge >= 0.3 is 5.97 Å². The molecule has 94 valence electrons. The third-order valence-corrected chi connectivity index (χ3v) is 2.57. The highest BCUT2D eigenvalue weighted by molar-refractivity contribution is 5.94. The van der Waals surface area contributed by atoms with E-state index in [1.807, 2.05) is 13.8 Å². The zero-order valence-corrected chi connectivity index (χ0v) is 10.4. The van der Waals surface area contributed by atoms with Gasteiger partial charge in [-0.05, 0) is 18.1 Å². The fourth-order valence-corrected chi connectivity index (χ4v) is 1.27. The molecule has 0 radical (unpaired) electrons. The van der Waals surface area contributed by atoms with Crippen molar-refractivity contribution in [3.63, 3.8) is 0 Å². The van der Waals surface area contributed by atoms with Crippen LogP contribution in [0.3, 0.4) is 0 Å². The minimum Gasteiger partial charge on any atom is -0.465 e. The normalized spacial score (nSPS) is 12.3. The molecule has 1 heterocycles. The molecular formula is C12H19N3O2. The number of anilines is 1. The number of hydrogen-bond acceptors (Lipinski definition) is 5. The fraction of sp³-hybridized carbons (Fsp3) is 0.500. The molecule has 5 heteroatoms. The molecule has 0 saturated carbocycles. The minimum absolute atomic E-state index is 0.0162. The molecule has 0 bridgehead atoms. The Hall–Kier alpha value is -1.62. The number of esters is 1. The van der Waals surface area contributed by atoms with Gasteiger partial charge in [-0.15, -0.1) is 0 Å². The lowest BCUT2D eigenvalue weighted by Crippen LogP contribution is -2.34. The topological polar surface area (TPSA) is 77.2 Å². The molecule has 0 aromatic carbocycles. The minimum atomic E-state index is -0.404. The summed E-state index contributed by atoms with van der Waals surface area (Å²) in [6.07, 6.45) is 1.62. The van der Waals surface area contributed by atoms with Gasteiger partial charge in [0.1, 0.15) is 11.4 Å². The van der Waals surface area contributed by atoms with Crippen molar-refractivity contribution in [1.29, 1.82) is 0 Å². The Kier molecular flexibility index (Phi) is 4.90. The summed E-state index contributed by atoms with van der Waals surface area (Å²) in [5.74, 6) is 0.474. The number of rotatable bonds is 5. The van der Waals surface area contributed by atoms with Gasteiger partial charge in [0.2, 0.25) is 0 Å². The zero-order chi connectivity index (χ0) is 12.8. The average molecular weight is 237 g/mol. The molecule has 0 aliphatic heterocycles. The van der Waals surface area contributed by atoms with E-state index in [4.69, 9.17) is 5.73 Å². The van der Waals surface area contributed by atoms with Crippen molar-refractivity contribution in [3.05, 3.63) is 23.9 Å². The second-order valence-corrected chi connectivity index (χ2v) is 4.18. The molecule has 3 N–H and O–H groups in total. The Morgan fingerprint density at radius 3 is 2.88 bits per heavy atom. The molecule has 1 unspecified atom stereocenters. The van der Waals surface area contributed by atoms with Gasteiger partial charge in [-0.2, -0.15) is 0 Å². The van der Waals surface area contributed by atoms with Crippen molar-refractivity contribution in [2.45, 2.75) is 19.9 Å². The smallest absolute Gasteiger partial charge is 0.341 e. The standard InChI is InChI=1S/C12H19N3O2/c1-8(2)10(13)7-15-11-9(12(16)17-3)5-4-6-14-11/h4-6,8,10H,7,13H2,1-3H3,(H,14,15). The van der Waals surface area contributed by atoms with Crippen LogP contribution >= 0.6 is 0 Å². The predicted octanol–water partition coefficient (Wildman–Crippen LogP) is 1.26. The predicted molar refractivity (Wildman–Crippen MR) is 66.9 cm³/mol. The molecule has 0 saturated heterocycles. The summed E-state index contributed by atoms with van der Waals surface area (Å²) in [5.41, 5.74) is 6.34. The van der Waals surface area contributed by atoms with E-state index in [-0.39, 0.29) is 6.04 Å². The lowest BCUT2D eigenvalue weighted by molar-refractivity contribution is 0.0601. The van der Waals surface area contributed by atoms with E-state index in [9.17, 15) is 4.79 Å². The van der Waals surface area contributed by atoms with E-state index < -0.39 is 5.97 Å². The SMILES string of the molecule is COC(=O)c1cccnc1NCC(N)C(C)C. The summed E-state index contributed by atoms with van der Waals surface area (Å²) >= 11 is 0. The highest BCUT2D eigenvalue weighted by Gasteiger charge is 2.13. The Balaban J connectivity index is 2.74. The van der Waals surface area contributed by atoms with Crippen LogP contribution in [-0.2, 0) is 4.74 Å². The second kappa shape index (κ2) is 6.20. The van der Waals surface area contributed by atoms with Crippen molar-refractivity contribution in [2.24, 2.45) is 11.7 Å². The Labute approximate surface area is 101 Å². The van der Waals surface area contributed by atoms with E-state index in [0.717, 1.165) is 0 Å². The van der Waals surface area contributed by atoms with Crippen LogP contribution in [0, 0.1) is 5.92 Å². The Bertz CT molecular complexity index is 380. The van der Waals surface area contributed by atoms with Gasteiger partial charge in [0.05, 0.1) is 7.11 Å². The van der Waals surface area contributed by atoms with Crippen LogP contribution in [0.1, 0.15) is 24.2 Å². The summed E-state index contributed by atoms with van der Waals surface area (Å²) in [6, 6.07) is 3.38. The summed E-state index contributed by atoms with van der Waals surface area (Å²) in [5, 5.41) is 3.07. The summed E-state index contributed by atoms with van der Waals surface area (Å²) in [6.45, 7) is 4.66. The number of nitrogens with two attached hydrogens (primary N) is 1. The third-order valence-electron chi connectivity index (χ3n) is 2.57. The van der Waals surface area contributed by atoms with Crippen LogP contribution in [0.5, 0.6) is 0 Å². The maximum Gasteiger partial charge on any atom is 0.341 e. The summed E-state index contributed by atoms with van der Waals surface area (Å²) in [4.78, 5) is 15.6. The van der Waals surface area contributed by atoms with Gasteiger partial charge < -0.3 is 15.8 Å². The largest absolute Gasteiger partial charge is 0.465 e. The Morgan fingerprint density at radius 1 is 1.59 bits per heavy atom. The van der Waals surface area contributed by atoms with Crippen LogP contribution in [0.2, 0.25) is 0 Å². The van der Waals surface area contributed by atoms with Gasteiger partial charge in [-0.25, -0.2) is 9.78 Å². The second-order valence-electron chi connectivity index (χ2n) is 4.18. The molecule has 0 aliphatic carbocycles. The number of ether oxygens (including phenoxy) is 1. The van der Waals surface area contributed by atoms with Gasteiger partial charge in [-0.3, -0.25) is 0 Å². The van der Waals surface area contributed by atoms with E-state index in [2.05, 4.69) is 15.0 Å². The summed E-state index contributed by atoms with van der Waals surface area (Å²) in [7, 11) is 1.35. The summed E-state index contributed by atoms with van der Waals surface area (Å²) < 4.78 is 4.68. The number of hydrogen-bond donors (Lipinski definition) is 2. The van der Waals surface area contributed by atoms with Crippen LogP contribution in [0.15, 0.2) is 18.3 Å². The zero-order valence-electron chi connectivity index (χ0n) is 10.4. The van der Waals surface area contributed by atoms with Crippen LogP contribution in [0.4, 0.5) is 5.82 Å². The molecule has 1 aromatic heterocycles. The third kappa shape index (κ3) is 3.71. The molecule has 0 fully saturated rings. The van der Waals surface area contributed by atoms with Crippen molar-refractivity contribution in [3.8, 4) is 0 Å². The van der Waals surface area contributed by atoms with Gasteiger partial charge in [0, 0.05) is 18.8 Å². The van der Waals surface area contributed by atoms with Crippen LogP contribution in [0.25, 0.3) is 0 Å². The highest BCUT2D eigenvalue weighted by atomic mass is 16.5. The van der Waals surface area contributed by atoms with Crippen molar-refractivity contribution in [1.82, 2.24) is 4.98 Å². The number of carbonyl (C=O) groups excluding carboxylic acids is 1. The number of aromatic nitrogens is 1. The molecule has 5 nitrogen and oxygen atoms in total. The molecule has 1 aromatic rings. The Morgan fingerprint density at radius 2 is 2.29 bits per heavy atom. The van der Waals surface area contributed by atoms with E-state index in [1.165, 1.54) is 7.11 Å². The molecule has 1 atom stereocenters. The number of carbonyl (C=O) groups is 1. The molecular weight excluding hydrogens is 218 g/mol. The van der Waals surface area contributed by atoms with Crippen LogP contribution < -0.4 is 11.1 Å². The number of methoxy groups -OCH3 is 1.